The summed E-state index contributed by atoms with van der Waals surface area (Å²) in [4.78, 5) is 11.0. The summed E-state index contributed by atoms with van der Waals surface area (Å²) >= 11 is 0. The third-order valence-electron chi connectivity index (χ3n) is 4.48. The normalized spacial score (nSPS) is 19.7. The molecule has 1 aliphatic rings. The molecule has 3 rings (SSSR count). The van der Waals surface area contributed by atoms with E-state index in [-0.39, 0.29) is 18.0 Å². The molecule has 2 aromatic heterocycles. The van der Waals surface area contributed by atoms with Crippen molar-refractivity contribution in [2.45, 2.75) is 45.3 Å². The van der Waals surface area contributed by atoms with Gasteiger partial charge in [0, 0.05) is 12.7 Å². The zero-order chi connectivity index (χ0) is 19.4. The number of halogens is 1. The minimum absolute atomic E-state index is 0.106. The first-order chi connectivity index (χ1) is 13.0. The van der Waals surface area contributed by atoms with Gasteiger partial charge in [-0.1, -0.05) is 0 Å². The first-order valence-electron chi connectivity index (χ1n) is 9.12. The van der Waals surface area contributed by atoms with Crippen LogP contribution in [0.15, 0.2) is 35.5 Å². The average Bonchev–Trinajstić information content (AvgIpc) is 3.26. The second-order valence-corrected chi connectivity index (χ2v) is 6.69. The van der Waals surface area contributed by atoms with Crippen LogP contribution >= 0.6 is 0 Å². The second kappa shape index (κ2) is 8.34. The quantitative estimate of drug-likeness (QED) is 0.592. The smallest absolute Gasteiger partial charge is 0.211 e. The number of anilines is 2. The fraction of sp³-hybridized carbons (Fsp3) is 0.500. The highest BCUT2D eigenvalue weighted by molar-refractivity contribution is 5.86. The summed E-state index contributed by atoms with van der Waals surface area (Å²) in [5.74, 6) is 0.869. The molecule has 0 aliphatic carbocycles. The number of hydrogen-bond donors (Lipinski definition) is 2. The number of ether oxygens (including phenoxy) is 1. The van der Waals surface area contributed by atoms with Crippen LogP contribution in [-0.2, 0) is 4.74 Å². The lowest BCUT2D eigenvalue weighted by Crippen LogP contribution is -2.39. The van der Waals surface area contributed by atoms with Gasteiger partial charge in [0.15, 0.2) is 5.65 Å². The van der Waals surface area contributed by atoms with E-state index in [9.17, 15) is 4.39 Å². The maximum atomic E-state index is 13.3. The topological polar surface area (TPSA) is 107 Å². The monoisotopic (exact) mass is 375 g/mol. The van der Waals surface area contributed by atoms with Gasteiger partial charge in [-0.3, -0.25) is 0 Å². The van der Waals surface area contributed by atoms with Crippen LogP contribution in [0, 0.1) is 0 Å². The van der Waals surface area contributed by atoms with E-state index in [1.807, 2.05) is 19.2 Å². The molecule has 8 nitrogen and oxygen atoms in total. The van der Waals surface area contributed by atoms with Crippen LogP contribution in [0.1, 0.15) is 33.1 Å². The molecule has 27 heavy (non-hydrogen) atoms. The highest BCUT2D eigenvalue weighted by atomic mass is 19.1. The van der Waals surface area contributed by atoms with Crippen molar-refractivity contribution in [2.75, 3.05) is 23.7 Å². The Balaban J connectivity index is 1.91. The van der Waals surface area contributed by atoms with E-state index in [1.54, 1.807) is 10.7 Å². The van der Waals surface area contributed by atoms with E-state index in [0.717, 1.165) is 25.2 Å². The van der Waals surface area contributed by atoms with Gasteiger partial charge in [0.2, 0.25) is 5.90 Å². The van der Waals surface area contributed by atoms with E-state index >= 15 is 0 Å². The predicted octanol–water partition coefficient (Wildman–Crippen LogP) is 2.26. The molecule has 9 heteroatoms. The highest BCUT2D eigenvalue weighted by Crippen LogP contribution is 2.27. The molecule has 1 aliphatic heterocycles. The van der Waals surface area contributed by atoms with Gasteiger partial charge in [0.1, 0.15) is 17.7 Å². The maximum absolute atomic E-state index is 13.3. The number of allylic oxidation sites excluding steroid dienone is 1. The third-order valence-corrected chi connectivity index (χ3v) is 4.48. The molecule has 1 unspecified atom stereocenters. The van der Waals surface area contributed by atoms with Crippen molar-refractivity contribution >= 4 is 23.1 Å². The minimum Gasteiger partial charge on any atom is -0.476 e. The molecule has 0 bridgehead atoms. The van der Waals surface area contributed by atoms with Gasteiger partial charge >= 0.3 is 0 Å². The van der Waals surface area contributed by atoms with Crippen molar-refractivity contribution in [3.05, 3.63) is 30.5 Å². The van der Waals surface area contributed by atoms with E-state index in [0.29, 0.717) is 30.2 Å². The summed E-state index contributed by atoms with van der Waals surface area (Å²) in [5.41, 5.74) is 12.7. The number of nitrogens with two attached hydrogens (primary N) is 2. The fourth-order valence-electron chi connectivity index (χ4n) is 3.18. The highest BCUT2D eigenvalue weighted by Gasteiger charge is 2.32. The van der Waals surface area contributed by atoms with Gasteiger partial charge < -0.3 is 21.1 Å². The maximum Gasteiger partial charge on any atom is 0.211 e. The number of rotatable bonds is 6. The van der Waals surface area contributed by atoms with E-state index in [1.165, 1.54) is 13.1 Å². The van der Waals surface area contributed by atoms with Crippen molar-refractivity contribution in [1.29, 1.82) is 0 Å². The van der Waals surface area contributed by atoms with E-state index < -0.39 is 0 Å². The molecule has 146 valence electrons. The van der Waals surface area contributed by atoms with Crippen LogP contribution in [0.4, 0.5) is 15.9 Å². The number of hydrogen-bond acceptors (Lipinski definition) is 7. The van der Waals surface area contributed by atoms with Crippen molar-refractivity contribution in [3.63, 3.8) is 0 Å². The van der Waals surface area contributed by atoms with Gasteiger partial charge in [0.05, 0.1) is 24.2 Å². The first kappa shape index (κ1) is 19.1. The van der Waals surface area contributed by atoms with Crippen molar-refractivity contribution < 1.29 is 9.13 Å². The van der Waals surface area contributed by atoms with Gasteiger partial charge in [-0.2, -0.15) is 5.10 Å². The third kappa shape index (κ3) is 4.36. The Hall–Kier alpha value is -2.68. The van der Waals surface area contributed by atoms with Gasteiger partial charge in [-0.15, -0.1) is 0 Å². The van der Waals surface area contributed by atoms with Crippen molar-refractivity contribution in [3.8, 4) is 0 Å². The summed E-state index contributed by atoms with van der Waals surface area (Å²) in [7, 11) is 0. The number of aliphatic imine (C=N–C) groups is 1. The SMILES string of the molecule is C/C(F)=C\N=C(O[C@@H](C)CCN)C1CCCN1c1ccn2ncc(N)c2n1. The molecule has 0 amide bonds. The standard InChI is InChI=1S/C18H26FN7O/c1-12(19)10-22-18(27-13(2)5-7-20)15-4-3-8-25(15)16-6-9-26-17(24-16)14(21)11-23-26/h6,9-11,13,15H,3-5,7-8,20-21H2,1-2H3/b12-10+,22-18?/t13-,15?/m0/s1. The second-order valence-electron chi connectivity index (χ2n) is 6.69. The first-order valence-corrected chi connectivity index (χ1v) is 9.12. The molecular weight excluding hydrogens is 349 g/mol. The average molecular weight is 375 g/mol. The van der Waals surface area contributed by atoms with Crippen LogP contribution in [0.3, 0.4) is 0 Å². The lowest BCUT2D eigenvalue weighted by molar-refractivity contribution is 0.191. The van der Waals surface area contributed by atoms with Crippen molar-refractivity contribution in [1.82, 2.24) is 14.6 Å². The lowest BCUT2D eigenvalue weighted by atomic mass is 10.2. The number of aromatic nitrogens is 3. The fourth-order valence-corrected chi connectivity index (χ4v) is 3.18. The van der Waals surface area contributed by atoms with E-state index in [2.05, 4.69) is 20.0 Å². The molecule has 0 radical (unpaired) electrons. The Morgan fingerprint density at radius 1 is 1.56 bits per heavy atom. The number of nitrogen functional groups attached to an aromatic ring is 1. The van der Waals surface area contributed by atoms with Crippen LogP contribution in [0.2, 0.25) is 0 Å². The zero-order valence-corrected chi connectivity index (χ0v) is 15.7. The molecule has 0 saturated carbocycles. The Morgan fingerprint density at radius 2 is 2.37 bits per heavy atom. The summed E-state index contributed by atoms with van der Waals surface area (Å²) < 4.78 is 20.9. The predicted molar refractivity (Wildman–Crippen MR) is 104 cm³/mol. The molecular formula is C18H26FN7O. The Kier molecular flexibility index (Phi) is 5.90. The van der Waals surface area contributed by atoms with Crippen LogP contribution < -0.4 is 16.4 Å². The van der Waals surface area contributed by atoms with Crippen LogP contribution in [0.5, 0.6) is 0 Å². The van der Waals surface area contributed by atoms with Crippen LogP contribution in [0.25, 0.3) is 5.65 Å². The minimum atomic E-state index is -0.376. The summed E-state index contributed by atoms with van der Waals surface area (Å²) in [6.07, 6.45) is 6.97. The largest absolute Gasteiger partial charge is 0.476 e. The number of fused-ring (bicyclic) bond motifs is 1. The zero-order valence-electron chi connectivity index (χ0n) is 15.7. The van der Waals surface area contributed by atoms with Crippen LogP contribution in [-0.4, -0.2) is 45.7 Å². The summed E-state index contributed by atoms with van der Waals surface area (Å²) in [5, 5.41) is 4.15. The Labute approximate surface area is 157 Å². The summed E-state index contributed by atoms with van der Waals surface area (Å²) in [6.45, 7) is 4.60. The molecule has 2 atom stereocenters. The molecule has 1 saturated heterocycles. The Bertz CT molecular complexity index is 843. The van der Waals surface area contributed by atoms with Gasteiger partial charge in [0.25, 0.3) is 0 Å². The van der Waals surface area contributed by atoms with E-state index in [4.69, 9.17) is 16.2 Å². The molecule has 1 fully saturated rings. The van der Waals surface area contributed by atoms with Crippen molar-refractivity contribution in [2.24, 2.45) is 10.7 Å². The molecule has 4 N–H and O–H groups in total. The molecule has 0 aromatic carbocycles. The lowest BCUT2D eigenvalue weighted by Gasteiger charge is -2.28. The summed E-state index contributed by atoms with van der Waals surface area (Å²) in [6, 6.07) is 1.76. The van der Waals surface area contributed by atoms with Gasteiger partial charge in [-0.05, 0) is 45.7 Å². The molecule has 0 spiro atoms. The van der Waals surface area contributed by atoms with Gasteiger partial charge in [-0.25, -0.2) is 18.9 Å². The molecule has 3 heterocycles. The Morgan fingerprint density at radius 3 is 3.11 bits per heavy atom. The molecule has 2 aromatic rings. The number of nitrogens with zero attached hydrogens (tertiary/aromatic N) is 5.